The molecule has 2 aromatic carbocycles. The van der Waals surface area contributed by atoms with E-state index < -0.39 is 28.5 Å². The summed E-state index contributed by atoms with van der Waals surface area (Å²) >= 11 is 12.3. The van der Waals surface area contributed by atoms with Crippen molar-refractivity contribution >= 4 is 50.7 Å². The van der Waals surface area contributed by atoms with Crippen LogP contribution in [-0.2, 0) is 31.6 Å². The highest BCUT2D eigenvalue weighted by molar-refractivity contribution is 7.92. The van der Waals surface area contributed by atoms with E-state index in [2.05, 4.69) is 26.1 Å². The molecule has 0 aliphatic heterocycles. The van der Waals surface area contributed by atoms with E-state index in [1.807, 2.05) is 12.1 Å². The van der Waals surface area contributed by atoms with Gasteiger partial charge < -0.3 is 10.2 Å². The van der Waals surface area contributed by atoms with Gasteiger partial charge in [-0.05, 0) is 60.6 Å². The van der Waals surface area contributed by atoms with Crippen molar-refractivity contribution in [3.05, 3.63) is 63.6 Å². The number of anilines is 1. The minimum absolute atomic E-state index is 0.0650. The first-order valence-corrected chi connectivity index (χ1v) is 15.4. The van der Waals surface area contributed by atoms with Gasteiger partial charge in [-0.25, -0.2) is 8.42 Å². The van der Waals surface area contributed by atoms with E-state index in [1.54, 1.807) is 37.3 Å². The Kier molecular flexibility index (Phi) is 9.76. The number of sulfonamides is 1. The molecule has 1 aliphatic rings. The fourth-order valence-corrected chi connectivity index (χ4v) is 5.72. The Morgan fingerprint density at radius 3 is 2.16 bits per heavy atom. The van der Waals surface area contributed by atoms with Crippen LogP contribution in [0.15, 0.2) is 42.5 Å². The molecule has 3 rings (SSSR count). The van der Waals surface area contributed by atoms with Crippen LogP contribution in [0.1, 0.15) is 64.5 Å². The van der Waals surface area contributed by atoms with Gasteiger partial charge in [0.05, 0.1) is 22.0 Å². The number of hydrogen-bond donors (Lipinski definition) is 1. The Morgan fingerprint density at radius 2 is 1.63 bits per heavy atom. The molecule has 2 amide bonds. The highest BCUT2D eigenvalue weighted by Crippen LogP contribution is 2.27. The normalized spacial score (nSPS) is 15.2. The van der Waals surface area contributed by atoms with Crippen molar-refractivity contribution in [3.8, 4) is 0 Å². The zero-order valence-electron chi connectivity index (χ0n) is 22.6. The summed E-state index contributed by atoms with van der Waals surface area (Å²) in [5.74, 6) is -0.777. The van der Waals surface area contributed by atoms with Crippen LogP contribution in [0.25, 0.3) is 0 Å². The fraction of sp³-hybridized carbons (Fsp3) is 0.500. The molecule has 0 spiro atoms. The molecule has 7 nitrogen and oxygen atoms in total. The fourth-order valence-electron chi connectivity index (χ4n) is 4.55. The van der Waals surface area contributed by atoms with Gasteiger partial charge in [-0.1, -0.05) is 75.0 Å². The van der Waals surface area contributed by atoms with Gasteiger partial charge in [0, 0.05) is 12.6 Å². The Labute approximate surface area is 236 Å². The second-order valence-corrected chi connectivity index (χ2v) is 13.7. The standard InChI is InChI=1S/C28H37Cl2N3O4S/c1-19(27(35)31-22-8-6-7-9-22)32(17-20-10-15-24(29)25(30)16-20)26(34)18-33(38(5,36)37)23-13-11-21(12-14-23)28(2,3)4/h10-16,19,22H,6-9,17-18H2,1-5H3,(H,31,35)/t19-/m0/s1. The number of carbonyl (C=O) groups excluding carboxylic acids is 2. The average Bonchev–Trinajstić information content (AvgIpc) is 3.34. The lowest BCUT2D eigenvalue weighted by Gasteiger charge is -2.32. The second kappa shape index (κ2) is 12.3. The van der Waals surface area contributed by atoms with Crippen molar-refractivity contribution < 1.29 is 18.0 Å². The van der Waals surface area contributed by atoms with Gasteiger partial charge in [-0.2, -0.15) is 0 Å². The summed E-state index contributed by atoms with van der Waals surface area (Å²) < 4.78 is 26.7. The first-order chi connectivity index (χ1) is 17.7. The molecule has 1 N–H and O–H groups in total. The Morgan fingerprint density at radius 1 is 1.03 bits per heavy atom. The van der Waals surface area contributed by atoms with E-state index in [4.69, 9.17) is 23.2 Å². The van der Waals surface area contributed by atoms with Crippen molar-refractivity contribution in [2.75, 3.05) is 17.1 Å². The molecule has 0 saturated heterocycles. The van der Waals surface area contributed by atoms with Crippen molar-refractivity contribution in [2.24, 2.45) is 0 Å². The molecule has 1 fully saturated rings. The predicted octanol–water partition coefficient (Wildman–Crippen LogP) is 5.53. The maximum atomic E-state index is 13.7. The molecule has 2 aromatic rings. The van der Waals surface area contributed by atoms with Crippen LogP contribution < -0.4 is 9.62 Å². The van der Waals surface area contributed by atoms with E-state index >= 15 is 0 Å². The molecule has 208 valence electrons. The van der Waals surface area contributed by atoms with Gasteiger partial charge in [0.25, 0.3) is 0 Å². The molecular formula is C28H37Cl2N3O4S. The lowest BCUT2D eigenvalue weighted by molar-refractivity contribution is -0.139. The molecule has 1 saturated carbocycles. The number of nitrogens with zero attached hydrogens (tertiary/aromatic N) is 2. The van der Waals surface area contributed by atoms with Gasteiger partial charge in [0.1, 0.15) is 12.6 Å². The minimum Gasteiger partial charge on any atom is -0.352 e. The first kappa shape index (κ1) is 30.3. The average molecular weight is 583 g/mol. The van der Waals surface area contributed by atoms with Crippen LogP contribution in [0.2, 0.25) is 10.0 Å². The van der Waals surface area contributed by atoms with Gasteiger partial charge in [-0.15, -0.1) is 0 Å². The number of benzene rings is 2. The molecule has 0 bridgehead atoms. The number of amides is 2. The van der Waals surface area contributed by atoms with Gasteiger partial charge in [0.2, 0.25) is 21.8 Å². The van der Waals surface area contributed by atoms with E-state index in [1.165, 1.54) is 4.90 Å². The number of nitrogens with one attached hydrogen (secondary N) is 1. The van der Waals surface area contributed by atoms with Crippen molar-refractivity contribution in [3.63, 3.8) is 0 Å². The molecule has 0 radical (unpaired) electrons. The van der Waals surface area contributed by atoms with Crippen LogP contribution in [0.4, 0.5) is 5.69 Å². The molecule has 0 unspecified atom stereocenters. The van der Waals surface area contributed by atoms with Crippen LogP contribution in [0.3, 0.4) is 0 Å². The zero-order valence-corrected chi connectivity index (χ0v) is 25.0. The third kappa shape index (κ3) is 7.87. The largest absolute Gasteiger partial charge is 0.352 e. The molecule has 1 atom stereocenters. The van der Waals surface area contributed by atoms with E-state index in [9.17, 15) is 18.0 Å². The van der Waals surface area contributed by atoms with Crippen LogP contribution >= 0.6 is 23.2 Å². The van der Waals surface area contributed by atoms with Gasteiger partial charge in [-0.3, -0.25) is 13.9 Å². The Balaban J connectivity index is 1.90. The summed E-state index contributed by atoms with van der Waals surface area (Å²) in [4.78, 5) is 28.3. The third-order valence-corrected chi connectivity index (χ3v) is 8.79. The van der Waals surface area contributed by atoms with Gasteiger partial charge >= 0.3 is 0 Å². The number of carbonyl (C=O) groups is 2. The monoisotopic (exact) mass is 581 g/mol. The topological polar surface area (TPSA) is 86.8 Å². The summed E-state index contributed by atoms with van der Waals surface area (Å²) in [5, 5.41) is 3.75. The number of hydrogen-bond acceptors (Lipinski definition) is 4. The summed E-state index contributed by atoms with van der Waals surface area (Å²) in [5.41, 5.74) is 1.99. The Bertz CT molecular complexity index is 1250. The smallest absolute Gasteiger partial charge is 0.244 e. The van der Waals surface area contributed by atoms with Crippen LogP contribution in [0, 0.1) is 0 Å². The van der Waals surface area contributed by atoms with Crippen molar-refractivity contribution in [2.45, 2.75) is 77.4 Å². The molecule has 38 heavy (non-hydrogen) atoms. The van der Waals surface area contributed by atoms with E-state index in [0.29, 0.717) is 21.3 Å². The number of rotatable bonds is 9. The van der Waals surface area contributed by atoms with Gasteiger partial charge in [0.15, 0.2) is 0 Å². The minimum atomic E-state index is -3.80. The first-order valence-electron chi connectivity index (χ1n) is 12.8. The summed E-state index contributed by atoms with van der Waals surface area (Å²) in [6, 6.07) is 11.4. The van der Waals surface area contributed by atoms with E-state index in [0.717, 1.165) is 41.8 Å². The lowest BCUT2D eigenvalue weighted by Crippen LogP contribution is -2.52. The van der Waals surface area contributed by atoms with Crippen LogP contribution in [0.5, 0.6) is 0 Å². The highest BCUT2D eigenvalue weighted by atomic mass is 35.5. The van der Waals surface area contributed by atoms with Crippen molar-refractivity contribution in [1.82, 2.24) is 10.2 Å². The maximum Gasteiger partial charge on any atom is 0.244 e. The van der Waals surface area contributed by atoms with Crippen molar-refractivity contribution in [1.29, 1.82) is 0 Å². The van der Waals surface area contributed by atoms with Crippen LogP contribution in [-0.4, -0.2) is 50.0 Å². The maximum absolute atomic E-state index is 13.7. The number of halogens is 2. The molecule has 0 heterocycles. The molecule has 0 aromatic heterocycles. The molecule has 10 heteroatoms. The van der Waals surface area contributed by atoms with E-state index in [-0.39, 0.29) is 23.9 Å². The zero-order chi connectivity index (χ0) is 28.3. The summed E-state index contributed by atoms with van der Waals surface area (Å²) in [7, 11) is -3.80. The summed E-state index contributed by atoms with van der Waals surface area (Å²) in [6.07, 6.45) is 5.00. The SMILES string of the molecule is C[C@@H](C(=O)NC1CCCC1)N(Cc1ccc(Cl)c(Cl)c1)C(=O)CN(c1ccc(C(C)(C)C)cc1)S(C)(=O)=O. The lowest BCUT2D eigenvalue weighted by atomic mass is 9.87. The summed E-state index contributed by atoms with van der Waals surface area (Å²) in [6.45, 7) is 7.48. The third-order valence-electron chi connectivity index (χ3n) is 6.91. The highest BCUT2D eigenvalue weighted by Gasteiger charge is 2.31. The molecular weight excluding hydrogens is 545 g/mol. The predicted molar refractivity (Wildman–Crippen MR) is 154 cm³/mol. The molecule has 1 aliphatic carbocycles. The quantitative estimate of drug-likeness (QED) is 0.421. The Hall–Kier alpha value is -2.29. The second-order valence-electron chi connectivity index (χ2n) is 11.0.